The van der Waals surface area contributed by atoms with E-state index in [4.69, 9.17) is 16.3 Å². The van der Waals surface area contributed by atoms with E-state index in [0.717, 1.165) is 33.6 Å². The highest BCUT2D eigenvalue weighted by atomic mass is 35.5. The minimum Gasteiger partial charge on any atom is -0.481 e. The maximum Gasteiger partial charge on any atom is 0.309 e. The van der Waals surface area contributed by atoms with Crippen LogP contribution in [0.1, 0.15) is 31.3 Å². The summed E-state index contributed by atoms with van der Waals surface area (Å²) in [6.45, 7) is 5.03. The van der Waals surface area contributed by atoms with Gasteiger partial charge in [-0.25, -0.2) is 0 Å². The minimum atomic E-state index is -0.848. The molecule has 0 saturated heterocycles. The van der Waals surface area contributed by atoms with Crippen molar-refractivity contribution in [2.75, 3.05) is 7.11 Å². The van der Waals surface area contributed by atoms with Crippen molar-refractivity contribution in [2.45, 2.75) is 32.9 Å². The second-order valence-electron chi connectivity index (χ2n) is 8.22. The quantitative estimate of drug-likeness (QED) is 0.576. The van der Waals surface area contributed by atoms with Gasteiger partial charge in [0.2, 0.25) is 0 Å². The number of benzene rings is 2. The lowest BCUT2D eigenvalue weighted by Gasteiger charge is -2.26. The first-order chi connectivity index (χ1) is 13.8. The molecule has 4 nitrogen and oxygen atoms in total. The predicted octanol–water partition coefficient (Wildman–Crippen LogP) is 5.83. The lowest BCUT2D eigenvalue weighted by Crippen LogP contribution is -2.21. The van der Waals surface area contributed by atoms with E-state index < -0.39 is 5.97 Å². The molecule has 1 aromatic heterocycles. The van der Waals surface area contributed by atoms with Crippen LogP contribution in [0.4, 0.5) is 0 Å². The Morgan fingerprint density at radius 1 is 1.10 bits per heavy atom. The van der Waals surface area contributed by atoms with E-state index in [1.807, 2.05) is 42.5 Å². The lowest BCUT2D eigenvalue weighted by molar-refractivity contribution is -0.136. The fraction of sp³-hybridized carbons (Fsp3) is 0.292. The fourth-order valence-corrected chi connectivity index (χ4v) is 4.71. The van der Waals surface area contributed by atoms with Gasteiger partial charge in [-0.3, -0.25) is 4.79 Å². The summed E-state index contributed by atoms with van der Waals surface area (Å²) in [5.74, 6) is -0.848. The molecule has 29 heavy (non-hydrogen) atoms. The Kier molecular flexibility index (Phi) is 5.01. The molecule has 1 unspecified atom stereocenters. The highest BCUT2D eigenvalue weighted by Gasteiger charge is 2.44. The molecular formula is C24H24ClNO3. The summed E-state index contributed by atoms with van der Waals surface area (Å²) in [6, 6.07) is 17.7. The van der Waals surface area contributed by atoms with E-state index in [1.54, 1.807) is 7.11 Å². The van der Waals surface area contributed by atoms with Gasteiger partial charge >= 0.3 is 5.97 Å². The van der Waals surface area contributed by atoms with Crippen LogP contribution in [0, 0.1) is 5.41 Å². The van der Waals surface area contributed by atoms with Crippen LogP contribution in [0.15, 0.2) is 54.6 Å². The smallest absolute Gasteiger partial charge is 0.309 e. The van der Waals surface area contributed by atoms with Gasteiger partial charge in [0.15, 0.2) is 0 Å². The molecule has 0 amide bonds. The van der Waals surface area contributed by atoms with Gasteiger partial charge in [-0.1, -0.05) is 67.9 Å². The van der Waals surface area contributed by atoms with Crippen molar-refractivity contribution in [1.29, 1.82) is 0 Å². The summed E-state index contributed by atoms with van der Waals surface area (Å²) in [5.41, 5.74) is 5.71. The number of carbonyl (C=O) groups is 1. The molecule has 0 bridgehead atoms. The molecule has 1 aliphatic rings. The summed E-state index contributed by atoms with van der Waals surface area (Å²) in [6.07, 6.45) is -0.184. The number of hydrogen-bond acceptors (Lipinski definition) is 2. The van der Waals surface area contributed by atoms with Crippen LogP contribution in [0.25, 0.3) is 22.3 Å². The summed E-state index contributed by atoms with van der Waals surface area (Å²) < 4.78 is 8.12. The van der Waals surface area contributed by atoms with E-state index in [-0.39, 0.29) is 17.9 Å². The van der Waals surface area contributed by atoms with Crippen molar-refractivity contribution >= 4 is 17.6 Å². The van der Waals surface area contributed by atoms with Crippen molar-refractivity contribution in [3.63, 3.8) is 0 Å². The van der Waals surface area contributed by atoms with Gasteiger partial charge in [0.05, 0.1) is 12.1 Å². The fourth-order valence-electron chi connectivity index (χ4n) is 4.58. The minimum absolute atomic E-state index is 0.0513. The molecular weight excluding hydrogens is 386 g/mol. The van der Waals surface area contributed by atoms with E-state index in [9.17, 15) is 9.90 Å². The van der Waals surface area contributed by atoms with Crippen LogP contribution in [-0.2, 0) is 22.5 Å². The Balaban J connectivity index is 2.09. The van der Waals surface area contributed by atoms with Crippen molar-refractivity contribution < 1.29 is 14.6 Å². The highest BCUT2D eigenvalue weighted by Crippen LogP contribution is 2.53. The molecule has 3 aromatic rings. The first kappa shape index (κ1) is 19.7. The van der Waals surface area contributed by atoms with Gasteiger partial charge in [0.1, 0.15) is 6.10 Å². The number of hydrogen-bond donors (Lipinski definition) is 1. The van der Waals surface area contributed by atoms with Crippen molar-refractivity contribution in [3.8, 4) is 22.3 Å². The maximum absolute atomic E-state index is 11.8. The van der Waals surface area contributed by atoms with Gasteiger partial charge in [-0.05, 0) is 23.3 Å². The zero-order valence-corrected chi connectivity index (χ0v) is 17.5. The van der Waals surface area contributed by atoms with Crippen molar-refractivity contribution in [1.82, 2.24) is 4.57 Å². The standard InChI is InChI=1S/C24H24ClNO3/c1-24(2)14-26-18(13-19(27)28)20(16-9-11-17(25)12-10-16)21(22(26)23(24)29-3)15-7-5-4-6-8-15/h4-12,23H,13-14H2,1-3H3,(H,27,28). The number of methoxy groups -OCH3 is 1. The Morgan fingerprint density at radius 3 is 2.31 bits per heavy atom. The third kappa shape index (κ3) is 3.37. The topological polar surface area (TPSA) is 51.5 Å². The number of nitrogens with zero attached hydrogens (tertiary/aromatic N) is 1. The molecule has 0 fully saturated rings. The van der Waals surface area contributed by atoms with Gasteiger partial charge in [-0.15, -0.1) is 0 Å². The monoisotopic (exact) mass is 409 g/mol. The number of carboxylic acids is 1. The average Bonchev–Trinajstić information content (AvgIpc) is 3.11. The number of aromatic nitrogens is 1. The predicted molar refractivity (Wildman–Crippen MR) is 115 cm³/mol. The molecule has 1 N–H and O–H groups in total. The summed E-state index contributed by atoms with van der Waals surface area (Å²) in [4.78, 5) is 11.8. The zero-order valence-electron chi connectivity index (χ0n) is 16.8. The zero-order chi connectivity index (χ0) is 20.8. The normalized spacial score (nSPS) is 17.3. The van der Waals surface area contributed by atoms with Gasteiger partial charge in [0, 0.05) is 40.9 Å². The van der Waals surface area contributed by atoms with Crippen LogP contribution >= 0.6 is 11.6 Å². The average molecular weight is 410 g/mol. The molecule has 4 rings (SSSR count). The number of halogens is 1. The van der Waals surface area contributed by atoms with Crippen molar-refractivity contribution in [3.05, 3.63) is 71.0 Å². The molecule has 0 radical (unpaired) electrons. The number of carboxylic acid groups (broad SMARTS) is 1. The summed E-state index contributed by atoms with van der Waals surface area (Å²) in [7, 11) is 1.72. The molecule has 1 atom stereocenters. The van der Waals surface area contributed by atoms with Gasteiger partial charge < -0.3 is 14.4 Å². The van der Waals surface area contributed by atoms with E-state index in [2.05, 4.69) is 30.5 Å². The van der Waals surface area contributed by atoms with Crippen LogP contribution < -0.4 is 0 Å². The van der Waals surface area contributed by atoms with E-state index in [1.165, 1.54) is 0 Å². The third-order valence-electron chi connectivity index (χ3n) is 5.68. The summed E-state index contributed by atoms with van der Waals surface area (Å²) in [5, 5.41) is 10.3. The van der Waals surface area contributed by atoms with Crippen LogP contribution in [0.5, 0.6) is 0 Å². The van der Waals surface area contributed by atoms with Crippen LogP contribution in [-0.4, -0.2) is 22.8 Å². The lowest BCUT2D eigenvalue weighted by atomic mass is 9.84. The number of fused-ring (bicyclic) bond motifs is 1. The van der Waals surface area contributed by atoms with E-state index in [0.29, 0.717) is 11.6 Å². The van der Waals surface area contributed by atoms with E-state index >= 15 is 0 Å². The Bertz CT molecular complexity index is 1050. The first-order valence-corrected chi connectivity index (χ1v) is 10.0. The molecule has 2 heterocycles. The second-order valence-corrected chi connectivity index (χ2v) is 8.65. The molecule has 0 saturated carbocycles. The number of ether oxygens (including phenoxy) is 1. The largest absolute Gasteiger partial charge is 0.481 e. The third-order valence-corrected chi connectivity index (χ3v) is 5.94. The van der Waals surface area contributed by atoms with Crippen molar-refractivity contribution in [2.24, 2.45) is 5.41 Å². The van der Waals surface area contributed by atoms with Crippen LogP contribution in [0.2, 0.25) is 5.02 Å². The Hall–Kier alpha value is -2.56. The Labute approximate surface area is 175 Å². The molecule has 0 aliphatic carbocycles. The molecule has 150 valence electrons. The van der Waals surface area contributed by atoms with Crippen LogP contribution in [0.3, 0.4) is 0 Å². The molecule has 0 spiro atoms. The SMILES string of the molecule is COC1c2c(-c3ccccc3)c(-c3ccc(Cl)cc3)c(CC(=O)O)n2CC1(C)C. The first-order valence-electron chi connectivity index (χ1n) is 9.64. The highest BCUT2D eigenvalue weighted by molar-refractivity contribution is 6.30. The summed E-state index contributed by atoms with van der Waals surface area (Å²) >= 11 is 6.12. The number of aliphatic carboxylic acids is 1. The molecule has 2 aromatic carbocycles. The number of rotatable bonds is 5. The second kappa shape index (κ2) is 7.36. The van der Waals surface area contributed by atoms with Gasteiger partial charge in [0.25, 0.3) is 0 Å². The molecule has 5 heteroatoms. The maximum atomic E-state index is 11.8. The Morgan fingerprint density at radius 2 is 1.72 bits per heavy atom. The molecule has 1 aliphatic heterocycles. The van der Waals surface area contributed by atoms with Gasteiger partial charge in [-0.2, -0.15) is 0 Å².